The second-order valence-electron chi connectivity index (χ2n) is 5.02. The summed E-state index contributed by atoms with van der Waals surface area (Å²) in [6.45, 7) is 8.50. The molecule has 0 saturated carbocycles. The van der Waals surface area contributed by atoms with Gasteiger partial charge in [0.15, 0.2) is 0 Å². The monoisotopic (exact) mass is 221 g/mol. The van der Waals surface area contributed by atoms with Crippen LogP contribution in [0, 0.1) is 11.8 Å². The van der Waals surface area contributed by atoms with Gasteiger partial charge in [0.25, 0.3) is 0 Å². The molecule has 1 nitrogen and oxygen atoms in total. The van der Waals surface area contributed by atoms with Gasteiger partial charge in [0, 0.05) is 0 Å². The van der Waals surface area contributed by atoms with Gasteiger partial charge in [-0.3, -0.25) is 0 Å². The van der Waals surface area contributed by atoms with Crippen LogP contribution in [0.4, 0.5) is 0 Å². The van der Waals surface area contributed by atoms with Gasteiger partial charge >= 0.3 is 0 Å². The molecule has 1 unspecified atom stereocenters. The molecular formula is C15H27N. The van der Waals surface area contributed by atoms with Gasteiger partial charge in [-0.25, -0.2) is 0 Å². The van der Waals surface area contributed by atoms with Gasteiger partial charge in [-0.2, -0.15) is 0 Å². The first-order valence-electron chi connectivity index (χ1n) is 6.85. The average Bonchev–Trinajstić information content (AvgIpc) is 2.23. The van der Waals surface area contributed by atoms with Crippen LogP contribution in [-0.2, 0) is 0 Å². The lowest BCUT2D eigenvalue weighted by Crippen LogP contribution is -2.42. The number of hydrogen-bond acceptors (Lipinski definition) is 1. The van der Waals surface area contributed by atoms with Crippen molar-refractivity contribution in [2.75, 3.05) is 13.1 Å². The largest absolute Gasteiger partial charge is 0.316 e. The molecule has 1 fully saturated rings. The summed E-state index contributed by atoms with van der Waals surface area (Å²) in [6, 6.07) is 0. The lowest BCUT2D eigenvalue weighted by atomic mass is 9.85. The van der Waals surface area contributed by atoms with E-state index < -0.39 is 0 Å². The summed E-state index contributed by atoms with van der Waals surface area (Å²) in [4.78, 5) is 0. The minimum absolute atomic E-state index is 0.898. The molecule has 0 amide bonds. The Morgan fingerprint density at radius 3 is 2.75 bits per heavy atom. The van der Waals surface area contributed by atoms with E-state index in [4.69, 9.17) is 0 Å². The lowest BCUT2D eigenvalue weighted by molar-refractivity contribution is 0.264. The number of hydrogen-bond donors (Lipinski definition) is 1. The van der Waals surface area contributed by atoms with Crippen molar-refractivity contribution in [1.29, 1.82) is 0 Å². The van der Waals surface area contributed by atoms with Crippen molar-refractivity contribution >= 4 is 0 Å². The van der Waals surface area contributed by atoms with Gasteiger partial charge in [-0.1, -0.05) is 57.4 Å². The fourth-order valence-electron chi connectivity index (χ4n) is 2.37. The SMILES string of the molecule is C=C/C=C\CC(CCCCC)CC1CNC1. The fraction of sp³-hybridized carbons (Fsp3) is 0.733. The molecule has 1 aliphatic heterocycles. The van der Waals surface area contributed by atoms with E-state index in [2.05, 4.69) is 31.0 Å². The Morgan fingerprint density at radius 1 is 1.38 bits per heavy atom. The Labute approximate surface area is 101 Å². The third-order valence-electron chi connectivity index (χ3n) is 3.49. The van der Waals surface area contributed by atoms with Crippen molar-refractivity contribution < 1.29 is 0 Å². The van der Waals surface area contributed by atoms with Crippen LogP contribution >= 0.6 is 0 Å². The molecule has 1 heterocycles. The van der Waals surface area contributed by atoms with E-state index >= 15 is 0 Å². The Kier molecular flexibility index (Phi) is 7.24. The molecule has 1 atom stereocenters. The summed E-state index contributed by atoms with van der Waals surface area (Å²) >= 11 is 0. The third-order valence-corrected chi connectivity index (χ3v) is 3.49. The maximum Gasteiger partial charge on any atom is -0.000815 e. The van der Waals surface area contributed by atoms with Crippen molar-refractivity contribution in [3.63, 3.8) is 0 Å². The first-order chi connectivity index (χ1) is 7.86. The van der Waals surface area contributed by atoms with Crippen LogP contribution in [0.25, 0.3) is 0 Å². The van der Waals surface area contributed by atoms with Crippen LogP contribution in [0.3, 0.4) is 0 Å². The Bertz CT molecular complexity index is 203. The average molecular weight is 221 g/mol. The highest BCUT2D eigenvalue weighted by atomic mass is 14.9. The molecule has 0 aliphatic carbocycles. The van der Waals surface area contributed by atoms with Gasteiger partial charge in [0.05, 0.1) is 0 Å². The van der Waals surface area contributed by atoms with Crippen molar-refractivity contribution in [3.8, 4) is 0 Å². The van der Waals surface area contributed by atoms with E-state index in [0.717, 1.165) is 11.8 Å². The predicted octanol–water partition coefficient (Wildman–Crippen LogP) is 3.92. The summed E-state index contributed by atoms with van der Waals surface area (Å²) < 4.78 is 0. The zero-order chi connectivity index (χ0) is 11.6. The molecular weight excluding hydrogens is 194 g/mol. The molecule has 1 saturated heterocycles. The maximum atomic E-state index is 3.72. The topological polar surface area (TPSA) is 12.0 Å². The van der Waals surface area contributed by atoms with Crippen molar-refractivity contribution in [3.05, 3.63) is 24.8 Å². The number of allylic oxidation sites excluding steroid dienone is 3. The summed E-state index contributed by atoms with van der Waals surface area (Å²) in [6.07, 6.45) is 14.5. The van der Waals surface area contributed by atoms with Crippen molar-refractivity contribution in [2.45, 2.75) is 45.4 Å². The zero-order valence-corrected chi connectivity index (χ0v) is 10.8. The standard InChI is InChI=1S/C15H27N/c1-3-5-7-9-14(10-8-6-4-2)11-15-12-16-13-15/h3,5,7,14-16H,1,4,6,8-13H2,2H3/b7-5-. The smallest absolute Gasteiger partial charge is 0.000815 e. The van der Waals surface area contributed by atoms with Gasteiger partial charge in [-0.05, 0) is 37.8 Å². The Morgan fingerprint density at radius 2 is 2.19 bits per heavy atom. The number of rotatable bonds is 9. The van der Waals surface area contributed by atoms with Crippen molar-refractivity contribution in [2.24, 2.45) is 11.8 Å². The fourth-order valence-corrected chi connectivity index (χ4v) is 2.37. The van der Waals surface area contributed by atoms with E-state index in [9.17, 15) is 0 Å². The third kappa shape index (κ3) is 5.50. The molecule has 0 spiro atoms. The minimum atomic E-state index is 0.898. The van der Waals surface area contributed by atoms with Crippen LogP contribution in [0.1, 0.15) is 45.4 Å². The van der Waals surface area contributed by atoms with Gasteiger partial charge in [-0.15, -0.1) is 0 Å². The molecule has 0 aromatic carbocycles. The van der Waals surface area contributed by atoms with Gasteiger partial charge in [0.2, 0.25) is 0 Å². The highest BCUT2D eigenvalue weighted by molar-refractivity contribution is 4.98. The van der Waals surface area contributed by atoms with E-state index in [1.54, 1.807) is 0 Å². The molecule has 1 rings (SSSR count). The Hall–Kier alpha value is -0.560. The molecule has 92 valence electrons. The minimum Gasteiger partial charge on any atom is -0.316 e. The Balaban J connectivity index is 2.21. The second kappa shape index (κ2) is 8.58. The molecule has 0 aromatic heterocycles. The quantitative estimate of drug-likeness (QED) is 0.459. The maximum absolute atomic E-state index is 3.72. The molecule has 1 heteroatoms. The van der Waals surface area contributed by atoms with Gasteiger partial charge in [0.1, 0.15) is 0 Å². The van der Waals surface area contributed by atoms with Crippen LogP contribution in [0.15, 0.2) is 24.8 Å². The van der Waals surface area contributed by atoms with Crippen LogP contribution in [-0.4, -0.2) is 13.1 Å². The summed E-state index contributed by atoms with van der Waals surface area (Å²) in [5.74, 6) is 1.85. The van der Waals surface area contributed by atoms with E-state index in [0.29, 0.717) is 0 Å². The second-order valence-corrected chi connectivity index (χ2v) is 5.02. The summed E-state index contributed by atoms with van der Waals surface area (Å²) in [5.41, 5.74) is 0. The lowest BCUT2D eigenvalue weighted by Gasteiger charge is -2.30. The summed E-state index contributed by atoms with van der Waals surface area (Å²) in [5, 5.41) is 3.37. The molecule has 0 aromatic rings. The van der Waals surface area contributed by atoms with E-state index in [1.807, 2.05) is 6.08 Å². The van der Waals surface area contributed by atoms with Crippen LogP contribution < -0.4 is 5.32 Å². The predicted molar refractivity (Wildman–Crippen MR) is 72.6 cm³/mol. The molecule has 1 N–H and O–H groups in total. The summed E-state index contributed by atoms with van der Waals surface area (Å²) in [7, 11) is 0. The molecule has 0 bridgehead atoms. The van der Waals surface area contributed by atoms with Crippen LogP contribution in [0.2, 0.25) is 0 Å². The first kappa shape index (κ1) is 13.5. The number of unbranched alkanes of at least 4 members (excludes halogenated alkanes) is 2. The van der Waals surface area contributed by atoms with Gasteiger partial charge < -0.3 is 5.32 Å². The van der Waals surface area contributed by atoms with Crippen molar-refractivity contribution in [1.82, 2.24) is 5.32 Å². The van der Waals surface area contributed by atoms with E-state index in [1.165, 1.54) is 51.6 Å². The van der Waals surface area contributed by atoms with Crippen LogP contribution in [0.5, 0.6) is 0 Å². The van der Waals surface area contributed by atoms with E-state index in [-0.39, 0.29) is 0 Å². The highest BCUT2D eigenvalue weighted by Crippen LogP contribution is 2.24. The molecule has 1 aliphatic rings. The number of nitrogens with one attached hydrogen (secondary N) is 1. The molecule has 16 heavy (non-hydrogen) atoms. The first-order valence-corrected chi connectivity index (χ1v) is 6.85. The highest BCUT2D eigenvalue weighted by Gasteiger charge is 2.20. The zero-order valence-electron chi connectivity index (χ0n) is 10.8. The normalized spacial score (nSPS) is 18.6. The molecule has 0 radical (unpaired) electrons.